The highest BCUT2D eigenvalue weighted by Gasteiger charge is 2.39. The van der Waals surface area contributed by atoms with Gasteiger partial charge in [-0.25, -0.2) is 0 Å². The topological polar surface area (TPSA) is 79.2 Å². The van der Waals surface area contributed by atoms with E-state index in [1.165, 1.54) is 32.1 Å². The smallest absolute Gasteiger partial charge is 0.114 e. The summed E-state index contributed by atoms with van der Waals surface area (Å²) < 4.78 is 10.6. The first-order valence-electron chi connectivity index (χ1n) is 8.51. The molecule has 1 fully saturated rings. The summed E-state index contributed by atoms with van der Waals surface area (Å²) in [7, 11) is 0. The van der Waals surface area contributed by atoms with Crippen molar-refractivity contribution in [3.8, 4) is 0 Å². The molecule has 5 nitrogen and oxygen atoms in total. The lowest BCUT2D eigenvalue weighted by Gasteiger charge is -2.20. The Morgan fingerprint density at radius 2 is 1.73 bits per heavy atom. The Kier molecular flexibility index (Phi) is 10.7. The Labute approximate surface area is 133 Å². The molecule has 0 spiro atoms. The van der Waals surface area contributed by atoms with Gasteiger partial charge in [-0.2, -0.15) is 0 Å². The van der Waals surface area contributed by atoms with Gasteiger partial charge >= 0.3 is 0 Å². The molecule has 0 amide bonds. The average molecular weight is 316 g/mol. The minimum atomic E-state index is -1.03. The van der Waals surface area contributed by atoms with Crippen LogP contribution in [0.5, 0.6) is 0 Å². The van der Waals surface area contributed by atoms with Crippen LogP contribution in [0.25, 0.3) is 0 Å². The van der Waals surface area contributed by atoms with Gasteiger partial charge in [0, 0.05) is 6.61 Å². The van der Waals surface area contributed by atoms with Crippen molar-refractivity contribution < 1.29 is 24.8 Å². The van der Waals surface area contributed by atoms with Crippen molar-refractivity contribution in [3.05, 3.63) is 12.7 Å². The van der Waals surface area contributed by atoms with Crippen LogP contribution in [0.4, 0.5) is 0 Å². The first-order chi connectivity index (χ1) is 10.7. The molecular formula is C17H32O5. The van der Waals surface area contributed by atoms with Crippen LogP contribution < -0.4 is 0 Å². The van der Waals surface area contributed by atoms with E-state index in [0.717, 1.165) is 19.3 Å². The third-order valence-electron chi connectivity index (χ3n) is 4.06. The fourth-order valence-corrected chi connectivity index (χ4v) is 2.64. The molecule has 1 heterocycles. The number of ether oxygens (including phenoxy) is 2. The molecule has 3 N–H and O–H groups in total. The summed E-state index contributed by atoms with van der Waals surface area (Å²) in [6, 6.07) is 0. The number of aliphatic hydroxyl groups is 3. The van der Waals surface area contributed by atoms with Gasteiger partial charge in [0.05, 0.1) is 13.2 Å². The van der Waals surface area contributed by atoms with Crippen molar-refractivity contribution in [1.82, 2.24) is 0 Å². The van der Waals surface area contributed by atoms with Crippen LogP contribution in [0.3, 0.4) is 0 Å². The molecule has 0 aromatic carbocycles. The Balaban J connectivity index is 1.88. The Morgan fingerprint density at radius 1 is 1.09 bits per heavy atom. The van der Waals surface area contributed by atoms with E-state index in [1.54, 1.807) is 0 Å². The second kappa shape index (κ2) is 12.0. The SMILES string of the molecule is C=CCCCCCCCCCOC[C@@H](O)[C@@H]1OC[C@H](O)[C@@H]1O. The molecule has 4 atom stereocenters. The highest BCUT2D eigenvalue weighted by molar-refractivity contribution is 4.87. The van der Waals surface area contributed by atoms with Crippen molar-refractivity contribution in [2.75, 3.05) is 19.8 Å². The summed E-state index contributed by atoms with van der Waals surface area (Å²) in [5, 5.41) is 28.8. The minimum Gasteiger partial charge on any atom is -0.388 e. The fraction of sp³-hybridized carbons (Fsp3) is 0.882. The van der Waals surface area contributed by atoms with Crippen LogP contribution in [0.1, 0.15) is 51.4 Å². The molecule has 0 unspecified atom stereocenters. The maximum atomic E-state index is 9.85. The van der Waals surface area contributed by atoms with E-state index in [4.69, 9.17) is 9.47 Å². The van der Waals surface area contributed by atoms with Crippen LogP contribution in [-0.4, -0.2) is 59.6 Å². The summed E-state index contributed by atoms with van der Waals surface area (Å²) in [5.41, 5.74) is 0. The molecule has 0 aromatic heterocycles. The zero-order valence-corrected chi connectivity index (χ0v) is 13.5. The Hall–Kier alpha value is -0.460. The second-order valence-electron chi connectivity index (χ2n) is 6.05. The molecule has 1 aliphatic rings. The Bertz CT molecular complexity index is 284. The lowest BCUT2D eigenvalue weighted by atomic mass is 10.1. The van der Waals surface area contributed by atoms with Crippen molar-refractivity contribution in [2.24, 2.45) is 0 Å². The third-order valence-corrected chi connectivity index (χ3v) is 4.06. The molecule has 0 aromatic rings. The summed E-state index contributed by atoms with van der Waals surface area (Å²) in [4.78, 5) is 0. The number of aliphatic hydroxyl groups excluding tert-OH is 3. The average Bonchev–Trinajstić information content (AvgIpc) is 2.84. The first kappa shape index (κ1) is 19.6. The molecule has 22 heavy (non-hydrogen) atoms. The van der Waals surface area contributed by atoms with Crippen molar-refractivity contribution in [3.63, 3.8) is 0 Å². The number of rotatable bonds is 13. The van der Waals surface area contributed by atoms with E-state index in [1.807, 2.05) is 6.08 Å². The van der Waals surface area contributed by atoms with E-state index < -0.39 is 24.4 Å². The van der Waals surface area contributed by atoms with Gasteiger partial charge in [-0.1, -0.05) is 38.2 Å². The second-order valence-corrected chi connectivity index (χ2v) is 6.05. The maximum Gasteiger partial charge on any atom is 0.114 e. The highest BCUT2D eigenvalue weighted by atomic mass is 16.5. The molecule has 1 rings (SSSR count). The summed E-state index contributed by atoms with van der Waals surface area (Å²) in [6.45, 7) is 4.53. The van der Waals surface area contributed by atoms with Crippen LogP contribution >= 0.6 is 0 Å². The molecule has 0 bridgehead atoms. The van der Waals surface area contributed by atoms with Crippen LogP contribution in [0, 0.1) is 0 Å². The lowest BCUT2D eigenvalue weighted by Crippen LogP contribution is -2.40. The molecular weight excluding hydrogens is 284 g/mol. The highest BCUT2D eigenvalue weighted by Crippen LogP contribution is 2.18. The summed E-state index contributed by atoms with van der Waals surface area (Å²) in [6.07, 6.45) is 7.93. The van der Waals surface area contributed by atoms with Gasteiger partial charge in [-0.15, -0.1) is 6.58 Å². The number of hydrogen-bond donors (Lipinski definition) is 3. The maximum absolute atomic E-state index is 9.85. The summed E-state index contributed by atoms with van der Waals surface area (Å²) >= 11 is 0. The normalized spacial score (nSPS) is 26.2. The molecule has 1 saturated heterocycles. The molecule has 0 saturated carbocycles. The van der Waals surface area contributed by atoms with Gasteiger partial charge < -0.3 is 24.8 Å². The lowest BCUT2D eigenvalue weighted by molar-refractivity contribution is -0.0813. The van der Waals surface area contributed by atoms with E-state index >= 15 is 0 Å². The number of unbranched alkanes of at least 4 members (excludes halogenated alkanes) is 7. The predicted octanol–water partition coefficient (Wildman–Crippen LogP) is 1.79. The monoisotopic (exact) mass is 316 g/mol. The minimum absolute atomic E-state index is 0.0652. The van der Waals surface area contributed by atoms with Gasteiger partial charge in [0.2, 0.25) is 0 Å². The fourth-order valence-electron chi connectivity index (χ4n) is 2.64. The quantitative estimate of drug-likeness (QED) is 0.357. The molecule has 5 heteroatoms. The van der Waals surface area contributed by atoms with E-state index in [-0.39, 0.29) is 13.2 Å². The summed E-state index contributed by atoms with van der Waals surface area (Å²) in [5.74, 6) is 0. The number of allylic oxidation sites excluding steroid dienone is 1. The molecule has 1 aliphatic heterocycles. The zero-order valence-electron chi connectivity index (χ0n) is 13.5. The third kappa shape index (κ3) is 7.70. The van der Waals surface area contributed by atoms with Crippen molar-refractivity contribution in [1.29, 1.82) is 0 Å². The van der Waals surface area contributed by atoms with Gasteiger partial charge in [-0.3, -0.25) is 0 Å². The van der Waals surface area contributed by atoms with Crippen LogP contribution in [0.2, 0.25) is 0 Å². The first-order valence-corrected chi connectivity index (χ1v) is 8.51. The van der Waals surface area contributed by atoms with Crippen LogP contribution in [-0.2, 0) is 9.47 Å². The van der Waals surface area contributed by atoms with Crippen molar-refractivity contribution >= 4 is 0 Å². The van der Waals surface area contributed by atoms with E-state index in [9.17, 15) is 15.3 Å². The van der Waals surface area contributed by atoms with E-state index in [2.05, 4.69) is 6.58 Å². The van der Waals surface area contributed by atoms with E-state index in [0.29, 0.717) is 6.61 Å². The largest absolute Gasteiger partial charge is 0.388 e. The molecule has 0 aliphatic carbocycles. The van der Waals surface area contributed by atoms with Gasteiger partial charge in [0.15, 0.2) is 0 Å². The predicted molar refractivity (Wildman–Crippen MR) is 85.7 cm³/mol. The van der Waals surface area contributed by atoms with Gasteiger partial charge in [0.25, 0.3) is 0 Å². The number of hydrogen-bond acceptors (Lipinski definition) is 5. The Morgan fingerprint density at radius 3 is 2.32 bits per heavy atom. The van der Waals surface area contributed by atoms with Gasteiger partial charge in [-0.05, 0) is 19.3 Å². The standard InChI is InChI=1S/C17H32O5/c1-2-3-4-5-6-7-8-9-10-11-21-12-15(19)17-16(20)14(18)13-22-17/h2,14-20H,1,3-13H2/t14-,15+,16-,17-/m0/s1. The zero-order chi connectivity index (χ0) is 16.2. The van der Waals surface area contributed by atoms with Crippen LogP contribution in [0.15, 0.2) is 12.7 Å². The van der Waals surface area contributed by atoms with Crippen molar-refractivity contribution in [2.45, 2.75) is 75.8 Å². The molecule has 0 radical (unpaired) electrons. The van der Waals surface area contributed by atoms with Gasteiger partial charge in [0.1, 0.15) is 24.4 Å². The molecule has 130 valence electrons.